The number of amides is 1. The second-order valence-electron chi connectivity index (χ2n) is 2.17. The Hall–Kier alpha value is -1.35. The molecule has 1 atom stereocenters. The summed E-state index contributed by atoms with van der Waals surface area (Å²) in [7, 11) is 0. The predicted octanol–water partition coefficient (Wildman–Crippen LogP) is 0.785. The van der Waals surface area contributed by atoms with E-state index in [1.54, 1.807) is 6.08 Å². The van der Waals surface area contributed by atoms with Gasteiger partial charge in [-0.25, -0.2) is 0 Å². The van der Waals surface area contributed by atoms with Crippen molar-refractivity contribution in [1.29, 1.82) is 0 Å². The molecule has 0 saturated heterocycles. The molecule has 0 aliphatic heterocycles. The third kappa shape index (κ3) is 3.16. The van der Waals surface area contributed by atoms with Gasteiger partial charge in [-0.15, -0.1) is 13.2 Å². The van der Waals surface area contributed by atoms with Gasteiger partial charge in [-0.1, -0.05) is 18.7 Å². The average Bonchev–Trinajstić information content (AvgIpc) is 2.05. The Morgan fingerprint density at radius 2 is 2.17 bits per heavy atom. The second-order valence-corrected chi connectivity index (χ2v) is 2.17. The molecule has 3 nitrogen and oxygen atoms in total. The van der Waals surface area contributed by atoms with E-state index in [0.29, 0.717) is 6.61 Å². The molecule has 3 heteroatoms. The van der Waals surface area contributed by atoms with E-state index in [-0.39, 0.29) is 5.57 Å². The van der Waals surface area contributed by atoms with Crippen molar-refractivity contribution in [3.63, 3.8) is 0 Å². The van der Waals surface area contributed by atoms with Crippen LogP contribution in [0.2, 0.25) is 0 Å². The highest BCUT2D eigenvalue weighted by Crippen LogP contribution is 2.04. The molecule has 1 amide bonds. The molecular weight excluding hydrogens is 154 g/mol. The minimum absolute atomic E-state index is 0.201. The first kappa shape index (κ1) is 10.7. The molecule has 66 valence electrons. The van der Waals surface area contributed by atoms with Crippen LogP contribution in [0.4, 0.5) is 0 Å². The van der Waals surface area contributed by atoms with E-state index in [0.717, 1.165) is 0 Å². The van der Waals surface area contributed by atoms with Crippen molar-refractivity contribution < 1.29 is 9.53 Å². The van der Waals surface area contributed by atoms with Gasteiger partial charge in [0.2, 0.25) is 5.91 Å². The zero-order chi connectivity index (χ0) is 9.56. The van der Waals surface area contributed by atoms with Crippen molar-refractivity contribution in [2.75, 3.05) is 6.61 Å². The fraction of sp³-hybridized carbons (Fsp3) is 0.222. The second kappa shape index (κ2) is 5.32. The van der Waals surface area contributed by atoms with Gasteiger partial charge >= 0.3 is 0 Å². The summed E-state index contributed by atoms with van der Waals surface area (Å²) in [6, 6.07) is 0. The maximum atomic E-state index is 10.6. The first-order valence-electron chi connectivity index (χ1n) is 3.47. The highest BCUT2D eigenvalue weighted by Gasteiger charge is 2.12. The Labute approximate surface area is 72.2 Å². The van der Waals surface area contributed by atoms with Gasteiger partial charge in [0.05, 0.1) is 6.61 Å². The van der Waals surface area contributed by atoms with E-state index in [1.165, 1.54) is 6.08 Å². The van der Waals surface area contributed by atoms with Crippen molar-refractivity contribution in [3.05, 3.63) is 37.5 Å². The van der Waals surface area contributed by atoms with Crippen molar-refractivity contribution >= 4 is 5.91 Å². The zero-order valence-electron chi connectivity index (χ0n) is 6.95. The van der Waals surface area contributed by atoms with Gasteiger partial charge in [0.15, 0.2) is 0 Å². The number of rotatable bonds is 6. The summed E-state index contributed by atoms with van der Waals surface area (Å²) < 4.78 is 5.13. The highest BCUT2D eigenvalue weighted by molar-refractivity contribution is 5.92. The first-order chi connectivity index (χ1) is 5.63. The minimum atomic E-state index is -0.580. The molecule has 0 bridgehead atoms. The summed E-state index contributed by atoms with van der Waals surface area (Å²) in [6.45, 7) is 10.8. The third-order valence-electron chi connectivity index (χ3n) is 1.27. The maximum Gasteiger partial charge on any atom is 0.246 e. The summed E-state index contributed by atoms with van der Waals surface area (Å²) in [5.74, 6) is -0.580. The Morgan fingerprint density at radius 3 is 2.50 bits per heavy atom. The maximum absolute atomic E-state index is 10.6. The van der Waals surface area contributed by atoms with Gasteiger partial charge < -0.3 is 10.5 Å². The van der Waals surface area contributed by atoms with Crippen LogP contribution in [0, 0.1) is 0 Å². The van der Waals surface area contributed by atoms with E-state index in [2.05, 4.69) is 19.7 Å². The van der Waals surface area contributed by atoms with Gasteiger partial charge in [-0.05, 0) is 0 Å². The molecule has 0 aromatic carbocycles. The molecule has 0 saturated carbocycles. The van der Waals surface area contributed by atoms with Crippen molar-refractivity contribution in [3.8, 4) is 0 Å². The van der Waals surface area contributed by atoms with Crippen LogP contribution in [0.3, 0.4) is 0 Å². The number of primary amides is 1. The molecular formula is C9H13NO2. The fourth-order valence-electron chi connectivity index (χ4n) is 0.623. The van der Waals surface area contributed by atoms with Gasteiger partial charge in [0.25, 0.3) is 0 Å². The Morgan fingerprint density at radius 1 is 1.58 bits per heavy atom. The van der Waals surface area contributed by atoms with Crippen molar-refractivity contribution in [1.82, 2.24) is 0 Å². The number of ether oxygens (including phenoxy) is 1. The lowest BCUT2D eigenvalue weighted by atomic mass is 10.1. The van der Waals surface area contributed by atoms with Crippen LogP contribution in [0.15, 0.2) is 37.5 Å². The van der Waals surface area contributed by atoms with Gasteiger partial charge in [-0.2, -0.15) is 0 Å². The van der Waals surface area contributed by atoms with Crippen LogP contribution in [-0.2, 0) is 9.53 Å². The van der Waals surface area contributed by atoms with Crippen LogP contribution in [0.1, 0.15) is 0 Å². The summed E-state index contributed by atoms with van der Waals surface area (Å²) >= 11 is 0. The number of nitrogens with two attached hydrogens (primary N) is 1. The molecule has 0 aliphatic carbocycles. The smallest absolute Gasteiger partial charge is 0.246 e. The summed E-state index contributed by atoms with van der Waals surface area (Å²) in [6.07, 6.45) is 2.53. The molecule has 0 spiro atoms. The van der Waals surface area contributed by atoms with E-state index in [1.807, 2.05) is 0 Å². The van der Waals surface area contributed by atoms with E-state index < -0.39 is 12.0 Å². The molecule has 0 radical (unpaired) electrons. The monoisotopic (exact) mass is 167 g/mol. The zero-order valence-corrected chi connectivity index (χ0v) is 6.95. The van der Waals surface area contributed by atoms with Crippen LogP contribution >= 0.6 is 0 Å². The molecule has 1 unspecified atom stereocenters. The molecule has 0 heterocycles. The lowest BCUT2D eigenvalue weighted by molar-refractivity contribution is -0.115. The quantitative estimate of drug-likeness (QED) is 0.469. The average molecular weight is 167 g/mol. The van der Waals surface area contributed by atoms with E-state index >= 15 is 0 Å². The predicted molar refractivity (Wildman–Crippen MR) is 48.5 cm³/mol. The molecule has 0 aromatic rings. The van der Waals surface area contributed by atoms with Crippen LogP contribution in [-0.4, -0.2) is 18.6 Å². The topological polar surface area (TPSA) is 52.3 Å². The molecule has 0 aromatic heterocycles. The third-order valence-corrected chi connectivity index (χ3v) is 1.27. The molecule has 0 aliphatic rings. The summed E-state index contributed by atoms with van der Waals surface area (Å²) in [4.78, 5) is 10.6. The Kier molecular flexibility index (Phi) is 4.72. The summed E-state index contributed by atoms with van der Waals surface area (Å²) in [5, 5.41) is 0. The largest absolute Gasteiger partial charge is 0.366 e. The van der Waals surface area contributed by atoms with Crippen molar-refractivity contribution in [2.45, 2.75) is 6.10 Å². The normalized spacial score (nSPS) is 11.7. The van der Waals surface area contributed by atoms with Gasteiger partial charge in [0.1, 0.15) is 6.10 Å². The number of carbonyl (C=O) groups excluding carboxylic acids is 1. The van der Waals surface area contributed by atoms with Crippen molar-refractivity contribution in [2.24, 2.45) is 5.73 Å². The molecule has 0 fully saturated rings. The first-order valence-corrected chi connectivity index (χ1v) is 3.47. The van der Waals surface area contributed by atoms with E-state index in [4.69, 9.17) is 10.5 Å². The van der Waals surface area contributed by atoms with Gasteiger partial charge in [0, 0.05) is 5.57 Å². The Bertz CT molecular complexity index is 209. The lowest BCUT2D eigenvalue weighted by Crippen LogP contribution is -2.24. The molecule has 12 heavy (non-hydrogen) atoms. The number of hydrogen-bond donors (Lipinski definition) is 1. The fourth-order valence-corrected chi connectivity index (χ4v) is 0.623. The molecule has 2 N–H and O–H groups in total. The standard InChI is InChI=1S/C9H13NO2/c1-4-6-12-8(5-2)7(3)9(10)11/h4-5,8H,1-3,6H2,(H2,10,11). The van der Waals surface area contributed by atoms with Crippen LogP contribution < -0.4 is 5.73 Å². The van der Waals surface area contributed by atoms with Crippen LogP contribution in [0.5, 0.6) is 0 Å². The SMILES string of the molecule is C=CCOC(C=C)C(=C)C(N)=O. The van der Waals surface area contributed by atoms with E-state index in [9.17, 15) is 4.79 Å². The highest BCUT2D eigenvalue weighted by atomic mass is 16.5. The summed E-state index contributed by atoms with van der Waals surface area (Å²) in [5.41, 5.74) is 5.19. The number of carbonyl (C=O) groups is 1. The number of hydrogen-bond acceptors (Lipinski definition) is 2. The Balaban J connectivity index is 4.14. The van der Waals surface area contributed by atoms with Crippen LogP contribution in [0.25, 0.3) is 0 Å². The minimum Gasteiger partial charge on any atom is -0.366 e. The van der Waals surface area contributed by atoms with Gasteiger partial charge in [-0.3, -0.25) is 4.79 Å². The lowest BCUT2D eigenvalue weighted by Gasteiger charge is -2.12. The molecule has 0 rings (SSSR count).